The van der Waals surface area contributed by atoms with Crippen molar-refractivity contribution in [2.75, 3.05) is 12.3 Å². The molecule has 0 saturated carbocycles. The van der Waals surface area contributed by atoms with Gasteiger partial charge in [0.2, 0.25) is 12.0 Å². The molecular weight excluding hydrogens is 379 g/mol. The van der Waals surface area contributed by atoms with Crippen LogP contribution in [0.4, 0.5) is 19.0 Å². The van der Waals surface area contributed by atoms with E-state index < -0.39 is 53.7 Å². The van der Waals surface area contributed by atoms with Crippen molar-refractivity contribution in [3.63, 3.8) is 0 Å². The van der Waals surface area contributed by atoms with E-state index in [4.69, 9.17) is 15.6 Å². The fraction of sp³-hybridized carbons (Fsp3) is 0.385. The molecule has 0 aliphatic carbocycles. The first kappa shape index (κ1) is 20.3. The molecule has 3 heterocycles. The lowest BCUT2D eigenvalue weighted by Crippen LogP contribution is -2.41. The summed E-state index contributed by atoms with van der Waals surface area (Å²) in [4.78, 5) is 38.7. The molecule has 14 heteroatoms. The maximum atomic E-state index is 13.7. The Kier molecular flexibility index (Phi) is 5.82. The van der Waals surface area contributed by atoms with Crippen LogP contribution in [0.15, 0.2) is 32.8 Å². The van der Waals surface area contributed by atoms with Gasteiger partial charge in [-0.3, -0.25) is 14.3 Å². The summed E-state index contributed by atoms with van der Waals surface area (Å²) < 4.78 is 44.7. The van der Waals surface area contributed by atoms with Gasteiger partial charge in [0.05, 0.1) is 6.61 Å². The van der Waals surface area contributed by atoms with Crippen LogP contribution in [-0.2, 0) is 4.74 Å². The molecule has 2 aromatic rings. The molecule has 0 aromatic carbocycles. The third-order valence-electron chi connectivity index (χ3n) is 3.44. The van der Waals surface area contributed by atoms with Crippen molar-refractivity contribution >= 4 is 5.82 Å². The van der Waals surface area contributed by atoms with Gasteiger partial charge in [0.1, 0.15) is 11.9 Å². The van der Waals surface area contributed by atoms with Crippen LogP contribution in [0.5, 0.6) is 0 Å². The van der Waals surface area contributed by atoms with Gasteiger partial charge in [0.25, 0.3) is 5.56 Å². The number of ether oxygens (including phenoxy) is 1. The number of hydrogen-bond acceptors (Lipinski definition) is 8. The second kappa shape index (κ2) is 7.73. The molecule has 1 aliphatic heterocycles. The Morgan fingerprint density at radius 1 is 1.37 bits per heavy atom. The predicted octanol–water partition coefficient (Wildman–Crippen LogP) is -2.09. The van der Waals surface area contributed by atoms with E-state index in [0.717, 1.165) is 12.3 Å². The second-order valence-electron chi connectivity index (χ2n) is 5.29. The lowest BCUT2D eigenvalue weighted by molar-refractivity contribution is -0.140. The van der Waals surface area contributed by atoms with Gasteiger partial charge in [-0.25, -0.2) is 9.59 Å². The molecule has 148 valence electrons. The summed E-state index contributed by atoms with van der Waals surface area (Å²) in [6.07, 6.45) is -3.98. The van der Waals surface area contributed by atoms with Crippen molar-refractivity contribution < 1.29 is 28.1 Å². The number of nitrogens with two attached hydrogens (primary N) is 1. The van der Waals surface area contributed by atoms with Gasteiger partial charge in [-0.05, 0) is 6.07 Å². The number of nitrogen functional groups attached to an aromatic ring is 1. The average molecular weight is 393 g/mol. The van der Waals surface area contributed by atoms with E-state index in [1.807, 2.05) is 4.98 Å². The number of alkyl halides is 2. The maximum absolute atomic E-state index is 13.7. The summed E-state index contributed by atoms with van der Waals surface area (Å²) in [5, 5.41) is 18.1. The van der Waals surface area contributed by atoms with Crippen LogP contribution in [0.1, 0.15) is 6.23 Å². The number of H-pyrrole nitrogens is 2. The molecule has 3 rings (SSSR count). The highest BCUT2D eigenvalue weighted by molar-refractivity contribution is 5.23. The summed E-state index contributed by atoms with van der Waals surface area (Å²) in [5.41, 5.74) is 2.50. The Labute approximate surface area is 146 Å². The predicted molar refractivity (Wildman–Crippen MR) is 82.5 cm³/mol. The first-order chi connectivity index (χ1) is 12.6. The van der Waals surface area contributed by atoms with Crippen molar-refractivity contribution in [2.45, 2.75) is 24.4 Å². The summed E-state index contributed by atoms with van der Waals surface area (Å²) >= 11 is 0. The van der Waals surface area contributed by atoms with Crippen LogP contribution in [0.2, 0.25) is 0 Å². The van der Waals surface area contributed by atoms with Gasteiger partial charge in [0, 0.05) is 12.4 Å². The molecule has 27 heavy (non-hydrogen) atoms. The monoisotopic (exact) mass is 393 g/mol. The van der Waals surface area contributed by atoms with Gasteiger partial charge >= 0.3 is 17.3 Å². The van der Waals surface area contributed by atoms with E-state index in [1.165, 1.54) is 0 Å². The number of halogens is 3. The molecule has 6 N–H and O–H groups in total. The van der Waals surface area contributed by atoms with Crippen LogP contribution in [0, 0.1) is 5.82 Å². The van der Waals surface area contributed by atoms with Gasteiger partial charge in [-0.1, -0.05) is 0 Å². The smallest absolute Gasteiger partial charge is 0.351 e. The Morgan fingerprint density at radius 3 is 2.52 bits per heavy atom. The fourth-order valence-electron chi connectivity index (χ4n) is 2.12. The Balaban J connectivity index is 0.000000244. The summed E-state index contributed by atoms with van der Waals surface area (Å²) in [7, 11) is 0. The van der Waals surface area contributed by atoms with Crippen molar-refractivity contribution in [1.29, 1.82) is 0 Å². The van der Waals surface area contributed by atoms with E-state index in [0.29, 0.717) is 10.8 Å². The van der Waals surface area contributed by atoms with Gasteiger partial charge in [-0.2, -0.15) is 18.2 Å². The third-order valence-corrected chi connectivity index (χ3v) is 3.44. The van der Waals surface area contributed by atoms with Crippen LogP contribution >= 0.6 is 0 Å². The van der Waals surface area contributed by atoms with Gasteiger partial charge in [-0.15, -0.1) is 0 Å². The zero-order chi connectivity index (χ0) is 20.4. The minimum Gasteiger partial charge on any atom is -0.394 e. The molecule has 1 fully saturated rings. The van der Waals surface area contributed by atoms with E-state index in [1.54, 1.807) is 4.98 Å². The molecule has 3 atom stereocenters. The molecule has 0 radical (unpaired) electrons. The zero-order valence-corrected chi connectivity index (χ0v) is 13.3. The number of hydrogen-bond donors (Lipinski definition) is 5. The molecular formula is C13H14F3N5O6. The molecule has 1 saturated heterocycles. The Bertz CT molecular complexity index is 974. The van der Waals surface area contributed by atoms with Crippen molar-refractivity contribution in [3.05, 3.63) is 55.6 Å². The summed E-state index contributed by atoms with van der Waals surface area (Å²) in [6, 6.07) is 1.15. The maximum Gasteiger partial charge on any atom is 0.351 e. The average Bonchev–Trinajstić information content (AvgIpc) is 2.82. The number of anilines is 1. The molecule has 0 bridgehead atoms. The Morgan fingerprint density at radius 2 is 2.04 bits per heavy atom. The first-order valence-corrected chi connectivity index (χ1v) is 7.22. The van der Waals surface area contributed by atoms with Crippen molar-refractivity contribution in [3.8, 4) is 0 Å². The number of aromatic amines is 2. The largest absolute Gasteiger partial charge is 0.394 e. The minimum atomic E-state index is -3.71. The molecule has 0 spiro atoms. The topological polar surface area (TPSA) is 176 Å². The highest BCUT2D eigenvalue weighted by atomic mass is 19.3. The lowest BCUT2D eigenvalue weighted by atomic mass is 10.1. The number of aromatic nitrogens is 4. The van der Waals surface area contributed by atoms with E-state index in [-0.39, 0.29) is 5.82 Å². The number of aliphatic hydroxyl groups excluding tert-OH is 2. The van der Waals surface area contributed by atoms with Crippen LogP contribution in [-0.4, -0.2) is 54.5 Å². The molecule has 0 amide bonds. The number of aliphatic hydroxyl groups is 2. The zero-order valence-electron chi connectivity index (χ0n) is 13.3. The van der Waals surface area contributed by atoms with Crippen molar-refractivity contribution in [2.24, 2.45) is 0 Å². The van der Waals surface area contributed by atoms with E-state index in [2.05, 4.69) is 4.98 Å². The number of nitrogens with one attached hydrogen (secondary N) is 2. The highest BCUT2D eigenvalue weighted by Gasteiger charge is 2.59. The summed E-state index contributed by atoms with van der Waals surface area (Å²) in [6.45, 7) is -0.787. The minimum absolute atomic E-state index is 0.114. The number of nitrogens with zero attached hydrogens (tertiary/aromatic N) is 2. The first-order valence-electron chi connectivity index (χ1n) is 7.22. The second-order valence-corrected chi connectivity index (χ2v) is 5.29. The quantitative estimate of drug-likeness (QED) is 0.386. The third kappa shape index (κ3) is 4.24. The van der Waals surface area contributed by atoms with Crippen LogP contribution < -0.4 is 22.7 Å². The highest BCUT2D eigenvalue weighted by Crippen LogP contribution is 2.41. The summed E-state index contributed by atoms with van der Waals surface area (Å²) in [5.74, 6) is -4.82. The van der Waals surface area contributed by atoms with Gasteiger partial charge < -0.3 is 25.7 Å². The van der Waals surface area contributed by atoms with Crippen LogP contribution in [0.25, 0.3) is 0 Å². The SMILES string of the molecule is Nc1ccn([C@@H]2O[C@H](CO)[C@@H](O)C2(F)F)c(=O)n1.O=c1[nH]cc(F)c(=O)[nH]1. The van der Waals surface area contributed by atoms with E-state index >= 15 is 0 Å². The lowest BCUT2D eigenvalue weighted by Gasteiger charge is -2.20. The standard InChI is InChI=1S/C9H11F2N3O4.C4H3FN2O2/c10-9(11)6(16)4(3-15)18-7(9)14-2-1-5(12)13-8(14)17;5-2-1-6-4(9)7-3(2)8/h1-2,4,6-7,15-16H,3H2,(H2,12,13,17);1H,(H2,6,7,8,9)/t4-,6-,7-;/m1./s1. The van der Waals surface area contributed by atoms with Gasteiger partial charge in [0.15, 0.2) is 6.10 Å². The molecule has 11 nitrogen and oxygen atoms in total. The Hall–Kier alpha value is -2.97. The fourth-order valence-corrected chi connectivity index (χ4v) is 2.12. The van der Waals surface area contributed by atoms with Crippen molar-refractivity contribution in [1.82, 2.24) is 19.5 Å². The molecule has 0 unspecified atom stereocenters. The molecule has 1 aliphatic rings. The molecule has 2 aromatic heterocycles. The normalized spacial score (nSPS) is 23.5. The van der Waals surface area contributed by atoms with E-state index in [9.17, 15) is 32.7 Å². The number of rotatable bonds is 2. The van der Waals surface area contributed by atoms with Crippen LogP contribution in [0.3, 0.4) is 0 Å².